The Kier molecular flexibility index (Phi) is 8.82. The lowest BCUT2D eigenvalue weighted by Crippen LogP contribution is -2.22. The van der Waals surface area contributed by atoms with Crippen LogP contribution in [0.4, 0.5) is 0 Å². The Bertz CT molecular complexity index is 498. The number of hydrogen-bond acceptors (Lipinski definition) is 4. The second-order valence-electron chi connectivity index (χ2n) is 6.54. The molecule has 134 valence electrons. The lowest BCUT2D eigenvalue weighted by Gasteiger charge is -2.18. The first-order valence-electron chi connectivity index (χ1n) is 9.26. The van der Waals surface area contributed by atoms with E-state index in [4.69, 9.17) is 4.74 Å². The van der Waals surface area contributed by atoms with E-state index in [0.29, 0.717) is 0 Å². The first kappa shape index (κ1) is 18.9. The van der Waals surface area contributed by atoms with E-state index in [-0.39, 0.29) is 0 Å². The van der Waals surface area contributed by atoms with Crippen molar-refractivity contribution in [2.75, 3.05) is 19.8 Å². The van der Waals surface area contributed by atoms with Gasteiger partial charge in [0, 0.05) is 29.9 Å². The molecule has 1 aromatic heterocycles. The van der Waals surface area contributed by atoms with Crippen LogP contribution in [0.5, 0.6) is 5.75 Å². The summed E-state index contributed by atoms with van der Waals surface area (Å²) in [4.78, 5) is 4.47. The molecule has 4 heteroatoms. The van der Waals surface area contributed by atoms with Gasteiger partial charge >= 0.3 is 0 Å². The average molecular weight is 349 g/mol. The van der Waals surface area contributed by atoms with E-state index >= 15 is 0 Å². The Morgan fingerprint density at radius 3 is 2.38 bits per heavy atom. The molecular weight excluding hydrogens is 316 g/mol. The minimum atomic E-state index is 0.864. The third-order valence-corrected chi connectivity index (χ3v) is 5.29. The zero-order chi connectivity index (χ0) is 17.0. The monoisotopic (exact) mass is 348 g/mol. The molecule has 0 aromatic carbocycles. The van der Waals surface area contributed by atoms with Crippen LogP contribution in [0.25, 0.3) is 0 Å². The number of ether oxygens (including phenoxy) is 1. The molecule has 1 aromatic rings. The van der Waals surface area contributed by atoms with E-state index in [9.17, 15) is 0 Å². The second-order valence-corrected chi connectivity index (χ2v) is 7.29. The summed E-state index contributed by atoms with van der Waals surface area (Å²) in [5.74, 6) is 1.07. The van der Waals surface area contributed by atoms with E-state index in [1.807, 2.05) is 6.20 Å². The minimum Gasteiger partial charge on any atom is -0.492 e. The van der Waals surface area contributed by atoms with Gasteiger partial charge in [0.05, 0.1) is 13.3 Å². The highest BCUT2D eigenvalue weighted by molar-refractivity contribution is 7.08. The fourth-order valence-electron chi connectivity index (χ4n) is 2.90. The van der Waals surface area contributed by atoms with Crippen molar-refractivity contribution in [3.8, 4) is 5.75 Å². The molecule has 0 unspecified atom stereocenters. The van der Waals surface area contributed by atoms with Crippen molar-refractivity contribution < 1.29 is 4.74 Å². The molecule has 0 amide bonds. The van der Waals surface area contributed by atoms with Gasteiger partial charge in [0.15, 0.2) is 0 Å². The van der Waals surface area contributed by atoms with Crippen LogP contribution in [-0.4, -0.2) is 29.6 Å². The van der Waals surface area contributed by atoms with Crippen molar-refractivity contribution in [1.29, 1.82) is 0 Å². The first-order valence-corrected chi connectivity index (χ1v) is 10.2. The van der Waals surface area contributed by atoms with Crippen molar-refractivity contribution in [2.45, 2.75) is 58.3 Å². The number of nitrogens with zero attached hydrogens (tertiary/aromatic N) is 2. The van der Waals surface area contributed by atoms with Crippen LogP contribution in [0.3, 0.4) is 0 Å². The average Bonchev–Trinajstić information content (AvgIpc) is 3.21. The standard InChI is InChI=1S/C20H32N2OS/c1-3-21-13-14-22(18-21)12-10-8-6-4-5-7-9-11-15-23-20-17-24-16-19(20)2/h3,13-14,16-17H,1,4-12,15,18H2,2H3. The SMILES string of the molecule is C=CN1C=CN(CCCCCCCCCCOc2cscc2C)C1. The van der Waals surface area contributed by atoms with Crippen molar-refractivity contribution in [1.82, 2.24) is 9.80 Å². The molecule has 2 rings (SSSR count). The molecule has 0 bridgehead atoms. The van der Waals surface area contributed by atoms with E-state index in [1.165, 1.54) is 63.5 Å². The summed E-state index contributed by atoms with van der Waals surface area (Å²) in [5.41, 5.74) is 1.27. The van der Waals surface area contributed by atoms with Gasteiger partial charge in [-0.15, -0.1) is 11.3 Å². The molecule has 0 fully saturated rings. The van der Waals surface area contributed by atoms with Crippen LogP contribution >= 0.6 is 11.3 Å². The summed E-state index contributed by atoms with van der Waals surface area (Å²) < 4.78 is 5.79. The second kappa shape index (κ2) is 11.2. The summed E-state index contributed by atoms with van der Waals surface area (Å²) in [5, 5.41) is 4.24. The maximum Gasteiger partial charge on any atom is 0.132 e. The van der Waals surface area contributed by atoms with E-state index in [1.54, 1.807) is 11.3 Å². The quantitative estimate of drug-likeness (QED) is 0.422. The van der Waals surface area contributed by atoms with Crippen molar-refractivity contribution in [2.24, 2.45) is 0 Å². The van der Waals surface area contributed by atoms with Crippen LogP contribution in [-0.2, 0) is 0 Å². The predicted octanol–water partition coefficient (Wildman–Crippen LogP) is 5.75. The zero-order valence-electron chi connectivity index (χ0n) is 15.1. The molecule has 0 spiro atoms. The predicted molar refractivity (Wildman–Crippen MR) is 104 cm³/mol. The fraction of sp³-hybridized carbons (Fsp3) is 0.600. The molecule has 0 saturated heterocycles. The summed E-state index contributed by atoms with van der Waals surface area (Å²) >= 11 is 1.72. The Morgan fingerprint density at radius 1 is 1.04 bits per heavy atom. The topological polar surface area (TPSA) is 15.7 Å². The molecule has 3 nitrogen and oxygen atoms in total. The number of rotatable bonds is 13. The Hall–Kier alpha value is -1.42. The smallest absolute Gasteiger partial charge is 0.132 e. The zero-order valence-corrected chi connectivity index (χ0v) is 15.9. The summed E-state index contributed by atoms with van der Waals surface area (Å²) in [7, 11) is 0. The van der Waals surface area contributed by atoms with Crippen LogP contribution in [0, 0.1) is 6.92 Å². The van der Waals surface area contributed by atoms with E-state index in [0.717, 1.165) is 19.0 Å². The molecule has 0 saturated carbocycles. The Labute approximate surface area is 151 Å². The van der Waals surface area contributed by atoms with Crippen molar-refractivity contribution >= 4 is 11.3 Å². The highest BCUT2D eigenvalue weighted by Crippen LogP contribution is 2.22. The summed E-state index contributed by atoms with van der Waals surface area (Å²) in [6.07, 6.45) is 16.7. The number of aryl methyl sites for hydroxylation is 1. The van der Waals surface area contributed by atoms with Crippen molar-refractivity contribution in [3.05, 3.63) is 41.5 Å². The van der Waals surface area contributed by atoms with Gasteiger partial charge in [-0.1, -0.05) is 45.1 Å². The Balaban J connectivity index is 1.33. The maximum absolute atomic E-state index is 5.79. The summed E-state index contributed by atoms with van der Waals surface area (Å²) in [6, 6.07) is 0. The highest BCUT2D eigenvalue weighted by atomic mass is 32.1. The third kappa shape index (κ3) is 7.00. The molecule has 0 N–H and O–H groups in total. The fourth-order valence-corrected chi connectivity index (χ4v) is 3.67. The minimum absolute atomic E-state index is 0.864. The highest BCUT2D eigenvalue weighted by Gasteiger charge is 2.08. The van der Waals surface area contributed by atoms with Gasteiger partial charge in [0.2, 0.25) is 0 Å². The van der Waals surface area contributed by atoms with Crippen LogP contribution in [0.1, 0.15) is 56.9 Å². The molecule has 0 atom stereocenters. The molecular formula is C20H32N2OS. The van der Waals surface area contributed by atoms with Crippen LogP contribution in [0.15, 0.2) is 35.9 Å². The molecule has 1 aliphatic rings. The normalized spacial score (nSPS) is 13.7. The van der Waals surface area contributed by atoms with Gasteiger partial charge < -0.3 is 14.5 Å². The molecule has 24 heavy (non-hydrogen) atoms. The molecule has 2 heterocycles. The van der Waals surface area contributed by atoms with Gasteiger partial charge in [-0.25, -0.2) is 0 Å². The van der Waals surface area contributed by atoms with Crippen LogP contribution in [0.2, 0.25) is 0 Å². The van der Waals surface area contributed by atoms with Gasteiger partial charge in [0.1, 0.15) is 5.75 Å². The van der Waals surface area contributed by atoms with Gasteiger partial charge in [-0.3, -0.25) is 0 Å². The van der Waals surface area contributed by atoms with Gasteiger partial charge in [0.25, 0.3) is 0 Å². The maximum atomic E-state index is 5.79. The number of thiophene rings is 1. The lowest BCUT2D eigenvalue weighted by molar-refractivity contribution is 0.302. The van der Waals surface area contributed by atoms with Crippen molar-refractivity contribution in [3.63, 3.8) is 0 Å². The van der Waals surface area contributed by atoms with E-state index < -0.39 is 0 Å². The number of hydrogen-bond donors (Lipinski definition) is 0. The molecule has 1 aliphatic heterocycles. The molecule has 0 aliphatic carbocycles. The van der Waals surface area contributed by atoms with Gasteiger partial charge in [-0.05, 0) is 31.3 Å². The number of unbranched alkanes of at least 4 members (excludes halogenated alkanes) is 7. The van der Waals surface area contributed by atoms with Crippen LogP contribution < -0.4 is 4.74 Å². The largest absolute Gasteiger partial charge is 0.492 e. The van der Waals surface area contributed by atoms with Gasteiger partial charge in [-0.2, -0.15) is 0 Å². The first-order chi connectivity index (χ1) is 11.8. The third-order valence-electron chi connectivity index (χ3n) is 4.45. The summed E-state index contributed by atoms with van der Waals surface area (Å²) in [6.45, 7) is 8.90. The van der Waals surface area contributed by atoms with E-state index in [2.05, 4.69) is 46.5 Å². The Morgan fingerprint density at radius 2 is 1.75 bits per heavy atom. The molecule has 0 radical (unpaired) electrons. The lowest BCUT2D eigenvalue weighted by atomic mass is 10.1.